The number of hydrogen-bond donors (Lipinski definition) is 1. The highest BCUT2D eigenvalue weighted by Gasteiger charge is 2.36. The summed E-state index contributed by atoms with van der Waals surface area (Å²) in [5.74, 6) is 0.690. The molecular formula is C16H26N4O. The Bertz CT molecular complexity index is 491. The molecule has 0 radical (unpaired) electrons. The van der Waals surface area contributed by atoms with Crippen molar-refractivity contribution in [3.63, 3.8) is 0 Å². The van der Waals surface area contributed by atoms with Gasteiger partial charge in [-0.2, -0.15) is 0 Å². The summed E-state index contributed by atoms with van der Waals surface area (Å²) in [7, 11) is 5.80. The first-order valence-electron chi connectivity index (χ1n) is 7.91. The van der Waals surface area contributed by atoms with Gasteiger partial charge >= 0.3 is 0 Å². The summed E-state index contributed by atoms with van der Waals surface area (Å²) in [6.45, 7) is 2.47. The molecule has 2 aliphatic heterocycles. The molecule has 1 aromatic heterocycles. The molecule has 2 aliphatic rings. The first kappa shape index (κ1) is 14.4. The fourth-order valence-corrected chi connectivity index (χ4v) is 3.70. The molecule has 2 fully saturated rings. The molecule has 1 N–H and O–H groups in total. The first-order valence-corrected chi connectivity index (χ1v) is 7.91. The fraction of sp³-hybridized carbons (Fsp3) is 0.688. The third kappa shape index (κ3) is 2.79. The second-order valence-corrected chi connectivity index (χ2v) is 6.25. The number of aromatic nitrogens is 1. The van der Waals surface area contributed by atoms with Crippen molar-refractivity contribution in [2.75, 3.05) is 44.5 Å². The molecule has 0 aliphatic carbocycles. The standard InChI is InChI=1S/C16H26N4O/c1-19(2)14-7-9-17-16(21-3)15(14)18-12-8-11-20-10-5-4-6-13(12)20/h7,9,12-13,18H,4-6,8,10-11H2,1-3H3. The molecule has 3 heterocycles. The highest BCUT2D eigenvalue weighted by molar-refractivity contribution is 5.74. The van der Waals surface area contributed by atoms with Gasteiger partial charge in [0.25, 0.3) is 0 Å². The van der Waals surface area contributed by atoms with Crippen LogP contribution in [-0.4, -0.2) is 56.3 Å². The molecule has 21 heavy (non-hydrogen) atoms. The molecule has 0 spiro atoms. The lowest BCUT2D eigenvalue weighted by atomic mass is 9.99. The number of fused-ring (bicyclic) bond motifs is 1. The fourth-order valence-electron chi connectivity index (χ4n) is 3.70. The predicted octanol–water partition coefficient (Wildman–Crippen LogP) is 2.19. The van der Waals surface area contributed by atoms with E-state index in [2.05, 4.69) is 34.2 Å². The van der Waals surface area contributed by atoms with E-state index in [9.17, 15) is 0 Å². The number of nitrogens with one attached hydrogen (secondary N) is 1. The molecule has 3 rings (SSSR count). The van der Waals surface area contributed by atoms with E-state index in [-0.39, 0.29) is 0 Å². The van der Waals surface area contributed by atoms with Gasteiger partial charge in [-0.15, -0.1) is 0 Å². The van der Waals surface area contributed by atoms with E-state index in [0.29, 0.717) is 18.0 Å². The second kappa shape index (κ2) is 6.10. The van der Waals surface area contributed by atoms with Crippen LogP contribution in [0.2, 0.25) is 0 Å². The molecule has 0 aromatic carbocycles. The average Bonchev–Trinajstić information content (AvgIpc) is 2.90. The zero-order valence-electron chi connectivity index (χ0n) is 13.3. The van der Waals surface area contributed by atoms with Gasteiger partial charge in [-0.1, -0.05) is 6.42 Å². The largest absolute Gasteiger partial charge is 0.479 e. The predicted molar refractivity (Wildman–Crippen MR) is 86.4 cm³/mol. The van der Waals surface area contributed by atoms with E-state index in [4.69, 9.17) is 4.74 Å². The van der Waals surface area contributed by atoms with E-state index in [1.807, 2.05) is 6.07 Å². The van der Waals surface area contributed by atoms with Crippen molar-refractivity contribution in [1.82, 2.24) is 9.88 Å². The van der Waals surface area contributed by atoms with Crippen LogP contribution >= 0.6 is 0 Å². The number of anilines is 2. The van der Waals surface area contributed by atoms with Gasteiger partial charge in [-0.25, -0.2) is 4.98 Å². The maximum Gasteiger partial charge on any atom is 0.239 e. The van der Waals surface area contributed by atoms with Crippen LogP contribution in [0.4, 0.5) is 11.4 Å². The highest BCUT2D eigenvalue weighted by atomic mass is 16.5. The van der Waals surface area contributed by atoms with Gasteiger partial charge in [0.05, 0.1) is 12.8 Å². The first-order chi connectivity index (χ1) is 10.2. The monoisotopic (exact) mass is 290 g/mol. The van der Waals surface area contributed by atoms with E-state index >= 15 is 0 Å². The summed E-state index contributed by atoms with van der Waals surface area (Å²) in [4.78, 5) is 9.11. The smallest absolute Gasteiger partial charge is 0.239 e. The number of ether oxygens (including phenoxy) is 1. The zero-order chi connectivity index (χ0) is 14.8. The molecule has 0 amide bonds. The average molecular weight is 290 g/mol. The zero-order valence-corrected chi connectivity index (χ0v) is 13.3. The number of pyridine rings is 1. The number of hydrogen-bond acceptors (Lipinski definition) is 5. The van der Waals surface area contributed by atoms with E-state index in [0.717, 1.165) is 11.4 Å². The van der Waals surface area contributed by atoms with Crippen LogP contribution < -0.4 is 15.0 Å². The van der Waals surface area contributed by atoms with Crippen molar-refractivity contribution in [2.24, 2.45) is 0 Å². The SMILES string of the molecule is COc1nccc(N(C)C)c1NC1CCN2CCCCC12. The molecule has 5 nitrogen and oxygen atoms in total. The molecule has 0 saturated carbocycles. The number of nitrogens with zero attached hydrogens (tertiary/aromatic N) is 3. The van der Waals surface area contributed by atoms with Gasteiger partial charge in [-0.05, 0) is 31.9 Å². The summed E-state index contributed by atoms with van der Waals surface area (Å²) in [6.07, 6.45) is 7.01. The quantitative estimate of drug-likeness (QED) is 0.920. The molecule has 2 unspecified atom stereocenters. The number of rotatable bonds is 4. The van der Waals surface area contributed by atoms with E-state index in [1.54, 1.807) is 13.3 Å². The van der Waals surface area contributed by atoms with Crippen LogP contribution in [0, 0.1) is 0 Å². The van der Waals surface area contributed by atoms with Crippen LogP contribution in [0.3, 0.4) is 0 Å². The van der Waals surface area contributed by atoms with Crippen molar-refractivity contribution in [1.29, 1.82) is 0 Å². The third-order valence-electron chi connectivity index (χ3n) is 4.76. The summed E-state index contributed by atoms with van der Waals surface area (Å²) >= 11 is 0. The van der Waals surface area contributed by atoms with Gasteiger partial charge in [-0.3, -0.25) is 4.90 Å². The van der Waals surface area contributed by atoms with Gasteiger partial charge in [0, 0.05) is 38.9 Å². The summed E-state index contributed by atoms with van der Waals surface area (Å²) in [6, 6.07) is 3.21. The lowest BCUT2D eigenvalue weighted by molar-refractivity contribution is 0.192. The summed E-state index contributed by atoms with van der Waals surface area (Å²) < 4.78 is 5.47. The van der Waals surface area contributed by atoms with Gasteiger partial charge in [0.1, 0.15) is 5.69 Å². The minimum Gasteiger partial charge on any atom is -0.479 e. The van der Waals surface area contributed by atoms with Crippen LogP contribution in [0.5, 0.6) is 5.88 Å². The van der Waals surface area contributed by atoms with Gasteiger partial charge < -0.3 is 15.0 Å². The van der Waals surface area contributed by atoms with Gasteiger partial charge in [0.15, 0.2) is 0 Å². The van der Waals surface area contributed by atoms with Crippen LogP contribution in [-0.2, 0) is 0 Å². The van der Waals surface area contributed by atoms with Crippen molar-refractivity contribution < 1.29 is 4.74 Å². The topological polar surface area (TPSA) is 40.6 Å². The molecule has 0 bridgehead atoms. The molecular weight excluding hydrogens is 264 g/mol. The Morgan fingerprint density at radius 1 is 1.29 bits per heavy atom. The molecule has 116 valence electrons. The van der Waals surface area contributed by atoms with Crippen molar-refractivity contribution in [2.45, 2.75) is 37.8 Å². The van der Waals surface area contributed by atoms with Gasteiger partial charge in [0.2, 0.25) is 5.88 Å². The van der Waals surface area contributed by atoms with Crippen molar-refractivity contribution in [3.8, 4) is 5.88 Å². The minimum atomic E-state index is 0.502. The van der Waals surface area contributed by atoms with E-state index in [1.165, 1.54) is 38.8 Å². The molecule has 2 atom stereocenters. The Balaban J connectivity index is 1.84. The second-order valence-electron chi connectivity index (χ2n) is 6.25. The molecule has 5 heteroatoms. The summed E-state index contributed by atoms with van der Waals surface area (Å²) in [5.41, 5.74) is 2.17. The Hall–Kier alpha value is -1.49. The van der Waals surface area contributed by atoms with Crippen LogP contribution in [0.15, 0.2) is 12.3 Å². The maximum absolute atomic E-state index is 5.47. The molecule has 1 aromatic rings. The lowest BCUT2D eigenvalue weighted by Crippen LogP contribution is -2.41. The van der Waals surface area contributed by atoms with Crippen molar-refractivity contribution >= 4 is 11.4 Å². The van der Waals surface area contributed by atoms with Crippen molar-refractivity contribution in [3.05, 3.63) is 12.3 Å². The Labute approximate surface area is 127 Å². The lowest BCUT2D eigenvalue weighted by Gasteiger charge is -2.33. The van der Waals surface area contributed by atoms with Crippen LogP contribution in [0.1, 0.15) is 25.7 Å². The number of piperidine rings is 1. The number of methoxy groups -OCH3 is 1. The Kier molecular flexibility index (Phi) is 4.19. The normalized spacial score (nSPS) is 25.5. The van der Waals surface area contributed by atoms with Crippen LogP contribution in [0.25, 0.3) is 0 Å². The third-order valence-corrected chi connectivity index (χ3v) is 4.76. The Morgan fingerprint density at radius 3 is 2.90 bits per heavy atom. The summed E-state index contributed by atoms with van der Waals surface area (Å²) in [5, 5.41) is 3.74. The maximum atomic E-state index is 5.47. The molecule has 2 saturated heterocycles. The minimum absolute atomic E-state index is 0.502. The Morgan fingerprint density at radius 2 is 2.14 bits per heavy atom. The van der Waals surface area contributed by atoms with E-state index < -0.39 is 0 Å². The highest BCUT2D eigenvalue weighted by Crippen LogP contribution is 2.36.